The maximum Gasteiger partial charge on any atom is 0.138 e. The van der Waals surface area contributed by atoms with Crippen LogP contribution in [0.1, 0.15) is 58.5 Å². The first-order valence-corrected chi connectivity index (χ1v) is 11.7. The van der Waals surface area contributed by atoms with Gasteiger partial charge in [-0.15, -0.1) is 0 Å². The van der Waals surface area contributed by atoms with Gasteiger partial charge in [0.2, 0.25) is 0 Å². The summed E-state index contributed by atoms with van der Waals surface area (Å²) in [5, 5.41) is 2.27. The molecule has 2 heterocycles. The van der Waals surface area contributed by atoms with Gasteiger partial charge in [-0.1, -0.05) is 79.3 Å². The van der Waals surface area contributed by atoms with E-state index in [9.17, 15) is 0 Å². The first-order chi connectivity index (χ1) is 15.9. The van der Waals surface area contributed by atoms with Crippen LogP contribution in [-0.2, 0) is 0 Å². The van der Waals surface area contributed by atoms with Gasteiger partial charge in [0.05, 0.1) is 5.69 Å². The highest BCUT2D eigenvalue weighted by Gasteiger charge is 2.15. The lowest BCUT2D eigenvalue weighted by molar-refractivity contribution is 0.895. The molecule has 0 saturated carbocycles. The third-order valence-electron chi connectivity index (χ3n) is 5.64. The number of nitrogens with one attached hydrogen (secondary N) is 1. The first-order valence-electron chi connectivity index (χ1n) is 11.7. The third-order valence-corrected chi connectivity index (χ3v) is 5.64. The Morgan fingerprint density at radius 1 is 1.09 bits per heavy atom. The predicted molar refractivity (Wildman–Crippen MR) is 143 cm³/mol. The standard InChI is InChI=1S/C22H23N3.C8H12/c1-14(2)10-11-18(15(3)4)22-24-16(5)20(25-22)21-19-9-7-6-8-17(19)12-13-23-21;1-2-8-6-4-3-5-7-8/h6-13H,3H2,1-2,4-5H3,(H,24,25);3-4,6H,2,5,7H2,1H3/b18-11+;. The second-order valence-electron chi connectivity index (χ2n) is 8.69. The topological polar surface area (TPSA) is 41.6 Å². The number of aromatic amines is 1. The number of benzene rings is 1. The Hall–Kier alpha value is -3.46. The second-order valence-corrected chi connectivity index (χ2v) is 8.69. The van der Waals surface area contributed by atoms with Crippen LogP contribution < -0.4 is 0 Å². The Labute approximate surface area is 198 Å². The molecule has 0 amide bonds. The highest BCUT2D eigenvalue weighted by Crippen LogP contribution is 2.30. The van der Waals surface area contributed by atoms with E-state index in [0.717, 1.165) is 44.8 Å². The van der Waals surface area contributed by atoms with Crippen LogP contribution >= 0.6 is 0 Å². The molecule has 3 nitrogen and oxygen atoms in total. The molecular formula is C30H35N3. The third kappa shape index (κ3) is 6.29. The van der Waals surface area contributed by atoms with Crippen molar-refractivity contribution in [2.75, 3.05) is 0 Å². The number of imidazole rings is 1. The molecule has 1 aliphatic carbocycles. The molecule has 0 saturated heterocycles. The predicted octanol–water partition coefficient (Wildman–Crippen LogP) is 8.53. The summed E-state index contributed by atoms with van der Waals surface area (Å²) >= 11 is 0. The number of hydrogen-bond acceptors (Lipinski definition) is 2. The molecule has 3 heteroatoms. The monoisotopic (exact) mass is 437 g/mol. The van der Waals surface area contributed by atoms with E-state index in [4.69, 9.17) is 4.98 Å². The maximum atomic E-state index is 4.85. The molecule has 0 radical (unpaired) electrons. The van der Waals surface area contributed by atoms with Crippen LogP contribution in [-0.4, -0.2) is 15.0 Å². The molecular weight excluding hydrogens is 402 g/mol. The minimum atomic E-state index is 0.826. The van der Waals surface area contributed by atoms with Gasteiger partial charge in [-0.3, -0.25) is 4.98 Å². The Morgan fingerprint density at radius 2 is 1.88 bits per heavy atom. The summed E-state index contributed by atoms with van der Waals surface area (Å²) < 4.78 is 0. The number of pyridine rings is 1. The van der Waals surface area contributed by atoms with Crippen molar-refractivity contribution >= 4 is 16.3 Å². The number of H-pyrrole nitrogens is 1. The van der Waals surface area contributed by atoms with Gasteiger partial charge in [0.15, 0.2) is 0 Å². The summed E-state index contributed by atoms with van der Waals surface area (Å²) in [4.78, 5) is 12.9. The smallest absolute Gasteiger partial charge is 0.138 e. The zero-order valence-electron chi connectivity index (χ0n) is 20.6. The van der Waals surface area contributed by atoms with E-state index in [-0.39, 0.29) is 0 Å². The molecule has 0 unspecified atom stereocenters. The van der Waals surface area contributed by atoms with Crippen LogP contribution in [0.3, 0.4) is 0 Å². The molecule has 0 fully saturated rings. The molecule has 1 N–H and O–H groups in total. The van der Waals surface area contributed by atoms with E-state index in [1.807, 2.05) is 38.2 Å². The van der Waals surface area contributed by atoms with Crippen molar-refractivity contribution in [3.8, 4) is 11.4 Å². The zero-order chi connectivity index (χ0) is 23.8. The van der Waals surface area contributed by atoms with Crippen molar-refractivity contribution < 1.29 is 0 Å². The number of allylic oxidation sites excluding steroid dienone is 9. The summed E-state index contributed by atoms with van der Waals surface area (Å²) in [6.45, 7) is 14.5. The average molecular weight is 438 g/mol. The van der Waals surface area contributed by atoms with E-state index in [0.29, 0.717) is 0 Å². The fraction of sp³-hybridized carbons (Fsp3) is 0.267. The highest BCUT2D eigenvalue weighted by molar-refractivity contribution is 5.94. The van der Waals surface area contributed by atoms with Gasteiger partial charge in [0.25, 0.3) is 0 Å². The molecule has 2 aromatic heterocycles. The lowest BCUT2D eigenvalue weighted by Crippen LogP contribution is -1.90. The molecule has 33 heavy (non-hydrogen) atoms. The molecule has 170 valence electrons. The van der Waals surface area contributed by atoms with Crippen molar-refractivity contribution in [3.05, 3.63) is 102 Å². The number of hydrogen-bond donors (Lipinski definition) is 1. The summed E-state index contributed by atoms with van der Waals surface area (Å²) in [5.41, 5.74) is 7.60. The fourth-order valence-electron chi connectivity index (χ4n) is 3.75. The van der Waals surface area contributed by atoms with E-state index in [1.165, 1.54) is 24.8 Å². The van der Waals surface area contributed by atoms with Gasteiger partial charge < -0.3 is 4.98 Å². The van der Waals surface area contributed by atoms with E-state index in [1.54, 1.807) is 5.57 Å². The van der Waals surface area contributed by atoms with Gasteiger partial charge in [-0.25, -0.2) is 4.98 Å². The number of nitrogens with zero attached hydrogens (tertiary/aromatic N) is 2. The summed E-state index contributed by atoms with van der Waals surface area (Å²) in [6, 6.07) is 10.3. The average Bonchev–Trinajstić information content (AvgIpc) is 3.20. The maximum absolute atomic E-state index is 4.85. The van der Waals surface area contributed by atoms with Gasteiger partial charge in [0, 0.05) is 22.9 Å². The van der Waals surface area contributed by atoms with Gasteiger partial charge in [0.1, 0.15) is 11.5 Å². The van der Waals surface area contributed by atoms with Crippen molar-refractivity contribution in [2.24, 2.45) is 0 Å². The Bertz CT molecular complexity index is 1240. The fourth-order valence-corrected chi connectivity index (χ4v) is 3.75. The largest absolute Gasteiger partial charge is 0.341 e. The quantitative estimate of drug-likeness (QED) is 0.406. The van der Waals surface area contributed by atoms with Crippen molar-refractivity contribution in [3.63, 3.8) is 0 Å². The van der Waals surface area contributed by atoms with E-state index >= 15 is 0 Å². The van der Waals surface area contributed by atoms with Crippen molar-refractivity contribution in [1.29, 1.82) is 0 Å². The van der Waals surface area contributed by atoms with Gasteiger partial charge >= 0.3 is 0 Å². The minimum absolute atomic E-state index is 0.826. The number of aromatic nitrogens is 3. The molecule has 1 aliphatic rings. The van der Waals surface area contributed by atoms with Crippen molar-refractivity contribution in [1.82, 2.24) is 15.0 Å². The Morgan fingerprint density at radius 3 is 2.52 bits per heavy atom. The van der Waals surface area contributed by atoms with Gasteiger partial charge in [-0.05, 0) is 64.0 Å². The zero-order valence-corrected chi connectivity index (χ0v) is 20.6. The van der Waals surface area contributed by atoms with Gasteiger partial charge in [-0.2, -0.15) is 0 Å². The van der Waals surface area contributed by atoms with Crippen LogP contribution in [0.2, 0.25) is 0 Å². The summed E-state index contributed by atoms with van der Waals surface area (Å²) in [7, 11) is 0. The summed E-state index contributed by atoms with van der Waals surface area (Å²) in [6.07, 6.45) is 16.3. The van der Waals surface area contributed by atoms with E-state index in [2.05, 4.69) is 79.8 Å². The molecule has 3 aromatic rings. The Kier molecular flexibility index (Phi) is 8.37. The molecule has 4 rings (SSSR count). The van der Waals surface area contributed by atoms with Crippen LogP contribution in [0, 0.1) is 6.92 Å². The lowest BCUT2D eigenvalue weighted by Gasteiger charge is -2.04. The number of aryl methyl sites for hydroxylation is 1. The van der Waals surface area contributed by atoms with Crippen molar-refractivity contribution in [2.45, 2.75) is 53.9 Å². The summed E-state index contributed by atoms with van der Waals surface area (Å²) in [5.74, 6) is 0.826. The lowest BCUT2D eigenvalue weighted by atomic mass is 10.0. The molecule has 0 bridgehead atoms. The van der Waals surface area contributed by atoms with Crippen LogP contribution in [0.5, 0.6) is 0 Å². The van der Waals surface area contributed by atoms with Crippen LogP contribution in [0.4, 0.5) is 0 Å². The normalized spacial score (nSPS) is 13.2. The number of fused-ring (bicyclic) bond motifs is 1. The second kappa shape index (κ2) is 11.4. The molecule has 1 aromatic carbocycles. The highest BCUT2D eigenvalue weighted by atomic mass is 15.0. The van der Waals surface area contributed by atoms with Crippen LogP contribution in [0.25, 0.3) is 27.7 Å². The Balaban J connectivity index is 0.000000323. The first kappa shape index (κ1) is 24.2. The van der Waals surface area contributed by atoms with Crippen LogP contribution in [0.15, 0.2) is 90.2 Å². The molecule has 0 atom stereocenters. The van der Waals surface area contributed by atoms with E-state index < -0.39 is 0 Å². The SMILES string of the molecule is C=C(C)/C(=C\C=C(C)C)c1nc(-c2nccc3ccccc23)c(C)[nH]1.CCC1=CC=CCC1. The molecule has 0 aliphatic heterocycles. The molecule has 0 spiro atoms. The minimum Gasteiger partial charge on any atom is -0.341 e. The number of rotatable bonds is 5.